The topological polar surface area (TPSA) is 127 Å². The maximum absolute atomic E-state index is 13.8. The van der Waals surface area contributed by atoms with Crippen LogP contribution in [0.1, 0.15) is 6.92 Å². The molecule has 10 heteroatoms. The van der Waals surface area contributed by atoms with Crippen molar-refractivity contribution in [1.29, 1.82) is 0 Å². The predicted octanol–water partition coefficient (Wildman–Crippen LogP) is -1.36. The van der Waals surface area contributed by atoms with Gasteiger partial charge in [-0.3, -0.25) is 9.59 Å². The summed E-state index contributed by atoms with van der Waals surface area (Å²) in [5, 5.41) is 3.36. The summed E-state index contributed by atoms with van der Waals surface area (Å²) in [5.41, 5.74) is 6.00. The van der Waals surface area contributed by atoms with E-state index in [1.165, 1.54) is 0 Å². The second kappa shape index (κ2) is 6.53. The van der Waals surface area contributed by atoms with Crippen LogP contribution in [0.15, 0.2) is 22.5 Å². The van der Waals surface area contributed by atoms with Gasteiger partial charge in [-0.1, -0.05) is 0 Å². The molecule has 4 heterocycles. The Morgan fingerprint density at radius 1 is 1.20 bits per heavy atom. The van der Waals surface area contributed by atoms with Crippen molar-refractivity contribution in [3.8, 4) is 0 Å². The van der Waals surface area contributed by atoms with Crippen molar-refractivity contribution < 1.29 is 23.9 Å². The van der Waals surface area contributed by atoms with Gasteiger partial charge in [-0.25, -0.2) is 4.79 Å². The van der Waals surface area contributed by atoms with Gasteiger partial charge in [0.15, 0.2) is 5.72 Å². The number of amides is 1. The first-order chi connectivity index (χ1) is 14.3. The molecule has 4 aliphatic heterocycles. The minimum atomic E-state index is -0.937. The Bertz CT molecular complexity index is 905. The predicted molar refractivity (Wildman–Crippen MR) is 105 cm³/mol. The summed E-state index contributed by atoms with van der Waals surface area (Å²) in [6, 6.07) is 0.142. The van der Waals surface area contributed by atoms with E-state index in [9.17, 15) is 14.4 Å². The fourth-order valence-electron chi connectivity index (χ4n) is 5.69. The summed E-state index contributed by atoms with van der Waals surface area (Å²) in [6.45, 7) is 5.18. The van der Waals surface area contributed by atoms with Crippen molar-refractivity contribution >= 4 is 17.7 Å². The van der Waals surface area contributed by atoms with E-state index in [1.54, 1.807) is 14.0 Å². The molecule has 0 saturated carbocycles. The first-order valence-electron chi connectivity index (χ1n) is 10.3. The molecule has 10 nitrogen and oxygen atoms in total. The van der Waals surface area contributed by atoms with Crippen molar-refractivity contribution in [3.05, 3.63) is 22.5 Å². The van der Waals surface area contributed by atoms with Crippen LogP contribution in [0.2, 0.25) is 0 Å². The lowest BCUT2D eigenvalue weighted by molar-refractivity contribution is -0.137. The van der Waals surface area contributed by atoms with Crippen molar-refractivity contribution in [2.75, 3.05) is 53.5 Å². The lowest BCUT2D eigenvalue weighted by atomic mass is 9.82. The van der Waals surface area contributed by atoms with Crippen molar-refractivity contribution in [1.82, 2.24) is 20.0 Å². The molecule has 1 amide bonds. The molecular weight excluding hydrogens is 390 g/mol. The highest BCUT2D eigenvalue weighted by molar-refractivity contribution is 6.25. The van der Waals surface area contributed by atoms with Crippen LogP contribution < -0.4 is 11.1 Å². The molecule has 0 aromatic rings. The molecule has 1 aliphatic carbocycles. The number of methoxy groups -OCH3 is 1. The second-order valence-electron chi connectivity index (χ2n) is 8.68. The third-order valence-corrected chi connectivity index (χ3v) is 7.22. The monoisotopic (exact) mass is 417 g/mol. The fourth-order valence-corrected chi connectivity index (χ4v) is 5.69. The highest BCUT2D eigenvalue weighted by atomic mass is 16.6. The second-order valence-corrected chi connectivity index (χ2v) is 8.68. The number of hydrogen-bond donors (Lipinski definition) is 2. The smallest absolute Gasteiger partial charge is 0.404 e. The molecule has 162 valence electrons. The number of carbonyl (C=O) groups excluding carboxylic acids is 3. The standard InChI is InChI=1S/C20H27N5O5/c1-10-14(24-6-4-23(2)5-7-24)17(27)13-11(9-30-19(21)28)20(29-3)18-12(22-18)8-25(20)15(13)16(10)26/h11-12,18,22H,4-9H2,1-3H3,(H2,21,28)/t11-,12+,18+,20?/m0/s1. The van der Waals surface area contributed by atoms with Gasteiger partial charge in [0.05, 0.1) is 23.4 Å². The van der Waals surface area contributed by atoms with Crippen molar-refractivity contribution in [2.24, 2.45) is 11.7 Å². The molecule has 30 heavy (non-hydrogen) atoms. The summed E-state index contributed by atoms with van der Waals surface area (Å²) in [5.74, 6) is -0.919. The molecule has 0 aromatic heterocycles. The van der Waals surface area contributed by atoms with Crippen LogP contribution >= 0.6 is 0 Å². The maximum Gasteiger partial charge on any atom is 0.404 e. The number of nitrogens with zero attached hydrogens (tertiary/aromatic N) is 3. The van der Waals surface area contributed by atoms with E-state index in [-0.39, 0.29) is 30.3 Å². The number of ether oxygens (including phenoxy) is 2. The Morgan fingerprint density at radius 2 is 1.90 bits per heavy atom. The van der Waals surface area contributed by atoms with Gasteiger partial charge in [0, 0.05) is 57.0 Å². The van der Waals surface area contributed by atoms with Crippen LogP contribution in [-0.2, 0) is 19.1 Å². The van der Waals surface area contributed by atoms with E-state index in [0.29, 0.717) is 42.2 Å². The molecule has 1 unspecified atom stereocenters. The van der Waals surface area contributed by atoms with Gasteiger partial charge in [0.25, 0.3) is 0 Å². The van der Waals surface area contributed by atoms with Gasteiger partial charge in [0.2, 0.25) is 11.6 Å². The Balaban J connectivity index is 1.57. The van der Waals surface area contributed by atoms with Gasteiger partial charge < -0.3 is 35.2 Å². The molecule has 0 aromatic carbocycles. The van der Waals surface area contributed by atoms with Crippen LogP contribution in [0, 0.1) is 5.92 Å². The van der Waals surface area contributed by atoms with E-state index in [1.807, 2.05) is 16.8 Å². The summed E-state index contributed by atoms with van der Waals surface area (Å²) in [4.78, 5) is 44.8. The quantitative estimate of drug-likeness (QED) is 0.421. The minimum Gasteiger partial charge on any atom is -0.449 e. The summed E-state index contributed by atoms with van der Waals surface area (Å²) >= 11 is 0. The zero-order valence-corrected chi connectivity index (χ0v) is 17.4. The number of rotatable bonds is 4. The number of Topliss-reactive ketones (excluding diaryl/α,β-unsaturated/α-hetero) is 2. The first-order valence-corrected chi connectivity index (χ1v) is 10.3. The van der Waals surface area contributed by atoms with Crippen molar-refractivity contribution in [3.63, 3.8) is 0 Å². The SMILES string of the molecule is COC12[C@@H]3N[C@@H]3CN1C1=C(C(=O)C(N3CCN(C)CC3)=C(C)C1=O)[C@@H]2COC(N)=O. The number of carbonyl (C=O) groups is 3. The van der Waals surface area contributed by atoms with Crippen LogP contribution in [0.3, 0.4) is 0 Å². The zero-order chi connectivity index (χ0) is 21.4. The number of nitrogens with one attached hydrogen (secondary N) is 1. The normalized spacial score (nSPS) is 35.6. The van der Waals surface area contributed by atoms with Gasteiger partial charge in [-0.2, -0.15) is 0 Å². The number of nitrogens with two attached hydrogens (primary N) is 1. The third-order valence-electron chi connectivity index (χ3n) is 7.22. The Kier molecular flexibility index (Phi) is 4.25. The zero-order valence-electron chi connectivity index (χ0n) is 17.4. The van der Waals surface area contributed by atoms with Crippen LogP contribution in [0.5, 0.6) is 0 Å². The average Bonchev–Trinajstić information content (AvgIpc) is 3.32. The summed E-state index contributed by atoms with van der Waals surface area (Å²) in [7, 11) is 3.61. The third kappa shape index (κ3) is 2.44. The molecule has 0 bridgehead atoms. The highest BCUT2D eigenvalue weighted by Gasteiger charge is 2.72. The van der Waals surface area contributed by atoms with Gasteiger partial charge in [0.1, 0.15) is 6.61 Å². The largest absolute Gasteiger partial charge is 0.449 e. The molecule has 3 saturated heterocycles. The van der Waals surface area contributed by atoms with Gasteiger partial charge in [-0.05, 0) is 14.0 Å². The number of ketones is 2. The van der Waals surface area contributed by atoms with E-state index in [2.05, 4.69) is 10.2 Å². The Morgan fingerprint density at radius 3 is 2.53 bits per heavy atom. The highest BCUT2D eigenvalue weighted by Crippen LogP contribution is 2.56. The first kappa shape index (κ1) is 19.5. The van der Waals surface area contributed by atoms with Gasteiger partial charge >= 0.3 is 6.09 Å². The number of likely N-dealkylation sites (N-methyl/N-ethyl adjacent to an activating group) is 1. The van der Waals surface area contributed by atoms with E-state index in [4.69, 9.17) is 15.2 Å². The number of piperazine rings is 2. The molecule has 4 atom stereocenters. The fraction of sp³-hybridized carbons (Fsp3) is 0.650. The minimum absolute atomic E-state index is 0.0393. The van der Waals surface area contributed by atoms with Crippen molar-refractivity contribution in [2.45, 2.75) is 24.7 Å². The number of fused-ring (bicyclic) bond motifs is 4. The number of hydrogen-bond acceptors (Lipinski definition) is 9. The average molecular weight is 417 g/mol. The molecule has 3 fully saturated rings. The number of allylic oxidation sites excluding steroid dienone is 2. The van der Waals surface area contributed by atoms with Crippen LogP contribution in [-0.4, -0.2) is 104 Å². The summed E-state index contributed by atoms with van der Waals surface area (Å²) in [6.07, 6.45) is -0.916. The van der Waals surface area contributed by atoms with Crippen LogP contribution in [0.4, 0.5) is 4.79 Å². The van der Waals surface area contributed by atoms with E-state index < -0.39 is 17.7 Å². The molecule has 3 N–H and O–H groups in total. The molecule has 5 aliphatic rings. The Labute approximate surface area is 174 Å². The molecular formula is C20H27N5O5. The van der Waals surface area contributed by atoms with Crippen LogP contribution in [0.25, 0.3) is 0 Å². The summed E-state index contributed by atoms with van der Waals surface area (Å²) < 4.78 is 11.1. The molecule has 0 spiro atoms. The molecule has 5 rings (SSSR count). The maximum atomic E-state index is 13.8. The lowest BCUT2D eigenvalue weighted by Gasteiger charge is -2.39. The molecule has 0 radical (unpaired) electrons. The lowest BCUT2D eigenvalue weighted by Crippen LogP contribution is -2.55. The Hall–Kier alpha value is -2.43. The number of primary amides is 1. The van der Waals surface area contributed by atoms with Gasteiger partial charge in [-0.15, -0.1) is 0 Å². The van der Waals surface area contributed by atoms with E-state index >= 15 is 0 Å². The van der Waals surface area contributed by atoms with E-state index in [0.717, 1.165) is 13.1 Å².